The number of aliphatic hydroxyl groups is 1. The predicted octanol–water partition coefficient (Wildman–Crippen LogP) is 0.136. The highest BCUT2D eigenvalue weighted by Crippen LogP contribution is 2.30. The van der Waals surface area contributed by atoms with Gasteiger partial charge in [0, 0.05) is 19.8 Å². The van der Waals surface area contributed by atoms with Crippen molar-refractivity contribution in [3.05, 3.63) is 0 Å². The van der Waals surface area contributed by atoms with Crippen LogP contribution in [-0.4, -0.2) is 50.5 Å². The summed E-state index contributed by atoms with van der Waals surface area (Å²) in [6.07, 6.45) is 3.45. The first-order valence-electron chi connectivity index (χ1n) is 6.77. The average Bonchev–Trinajstić information content (AvgIpc) is 2.76. The van der Waals surface area contributed by atoms with Gasteiger partial charge in [-0.1, -0.05) is 6.42 Å². The van der Waals surface area contributed by atoms with Gasteiger partial charge in [0.1, 0.15) is 0 Å². The van der Waals surface area contributed by atoms with Gasteiger partial charge in [0.25, 0.3) is 0 Å². The monoisotopic (exact) mass is 258 g/mol. The van der Waals surface area contributed by atoms with Crippen LogP contribution in [0.25, 0.3) is 0 Å². The molecule has 0 heterocycles. The van der Waals surface area contributed by atoms with Crippen LogP contribution in [0.5, 0.6) is 0 Å². The maximum Gasteiger partial charge on any atom is 0.234 e. The molecule has 3 N–H and O–H groups in total. The van der Waals surface area contributed by atoms with E-state index < -0.39 is 0 Å². The number of rotatable bonds is 8. The molecule has 1 amide bonds. The van der Waals surface area contributed by atoms with Crippen molar-refractivity contribution in [1.29, 1.82) is 0 Å². The van der Waals surface area contributed by atoms with Crippen LogP contribution < -0.4 is 10.6 Å². The molecule has 1 fully saturated rings. The lowest BCUT2D eigenvalue weighted by molar-refractivity contribution is -0.121. The quantitative estimate of drug-likeness (QED) is 0.579. The Morgan fingerprint density at radius 1 is 1.44 bits per heavy atom. The Kier molecular flexibility index (Phi) is 7.23. The molecule has 5 heteroatoms. The summed E-state index contributed by atoms with van der Waals surface area (Å²) in [6, 6.07) is 0.0426. The number of nitrogens with one attached hydrogen (secondary N) is 2. The van der Waals surface area contributed by atoms with E-state index in [1.54, 1.807) is 7.11 Å². The van der Waals surface area contributed by atoms with Crippen LogP contribution in [0.15, 0.2) is 0 Å². The zero-order chi connectivity index (χ0) is 13.4. The van der Waals surface area contributed by atoms with Crippen molar-refractivity contribution in [3.8, 4) is 0 Å². The number of amides is 1. The highest BCUT2D eigenvalue weighted by molar-refractivity contribution is 5.78. The van der Waals surface area contributed by atoms with Crippen molar-refractivity contribution in [1.82, 2.24) is 10.6 Å². The third-order valence-electron chi connectivity index (χ3n) is 3.57. The van der Waals surface area contributed by atoms with Crippen molar-refractivity contribution in [2.45, 2.75) is 32.2 Å². The van der Waals surface area contributed by atoms with Gasteiger partial charge >= 0.3 is 0 Å². The van der Waals surface area contributed by atoms with E-state index in [0.29, 0.717) is 25.0 Å². The lowest BCUT2D eigenvalue weighted by atomic mass is 9.97. The van der Waals surface area contributed by atoms with Gasteiger partial charge in [-0.15, -0.1) is 0 Å². The third kappa shape index (κ3) is 5.33. The fourth-order valence-corrected chi connectivity index (χ4v) is 2.61. The minimum atomic E-state index is -0.00176. The van der Waals surface area contributed by atoms with Crippen molar-refractivity contribution in [2.75, 3.05) is 33.4 Å². The molecule has 0 aromatic heterocycles. The van der Waals surface area contributed by atoms with Crippen LogP contribution in [-0.2, 0) is 9.53 Å². The Balaban J connectivity index is 2.11. The molecule has 0 spiro atoms. The van der Waals surface area contributed by atoms with Gasteiger partial charge in [-0.3, -0.25) is 4.79 Å². The number of carbonyl (C=O) groups excluding carboxylic acids is 1. The summed E-state index contributed by atoms with van der Waals surface area (Å²) in [4.78, 5) is 11.6. The predicted molar refractivity (Wildman–Crippen MR) is 70.3 cm³/mol. The molecule has 3 atom stereocenters. The summed E-state index contributed by atoms with van der Waals surface area (Å²) in [5.74, 6) is 0.922. The fourth-order valence-electron chi connectivity index (χ4n) is 2.61. The minimum absolute atomic E-state index is 0.00176. The molecule has 0 radical (unpaired) electrons. The summed E-state index contributed by atoms with van der Waals surface area (Å²) >= 11 is 0. The molecule has 1 aliphatic rings. The van der Waals surface area contributed by atoms with Crippen molar-refractivity contribution < 1.29 is 14.6 Å². The Hall–Kier alpha value is -0.650. The molecule has 0 saturated heterocycles. The summed E-state index contributed by atoms with van der Waals surface area (Å²) in [5, 5.41) is 15.2. The number of hydrogen-bond acceptors (Lipinski definition) is 4. The van der Waals surface area contributed by atoms with Crippen LogP contribution in [0, 0.1) is 11.8 Å². The molecule has 18 heavy (non-hydrogen) atoms. The van der Waals surface area contributed by atoms with Crippen LogP contribution in [0.1, 0.15) is 26.2 Å². The summed E-state index contributed by atoms with van der Waals surface area (Å²) < 4.78 is 4.96. The number of hydrogen-bond donors (Lipinski definition) is 3. The van der Waals surface area contributed by atoms with Crippen LogP contribution >= 0.6 is 0 Å². The van der Waals surface area contributed by atoms with E-state index in [2.05, 4.69) is 10.6 Å². The van der Waals surface area contributed by atoms with E-state index in [-0.39, 0.29) is 18.6 Å². The average molecular weight is 258 g/mol. The summed E-state index contributed by atoms with van der Waals surface area (Å²) in [5.41, 5.74) is 0. The molecule has 1 rings (SSSR count). The van der Waals surface area contributed by atoms with Crippen LogP contribution in [0.2, 0.25) is 0 Å². The SMILES string of the molecule is COCC(C)NC(=O)CNCC1CCCC1CO. The van der Waals surface area contributed by atoms with Gasteiger partial charge in [0.05, 0.1) is 13.2 Å². The molecule has 0 aromatic carbocycles. The standard InChI is InChI=1S/C13H26N2O3/c1-10(9-18-2)15-13(17)7-14-6-11-4-3-5-12(11)8-16/h10-12,14,16H,3-9H2,1-2H3,(H,15,17). The van der Waals surface area contributed by atoms with E-state index >= 15 is 0 Å². The maximum absolute atomic E-state index is 11.6. The lowest BCUT2D eigenvalue weighted by Gasteiger charge is -2.18. The van der Waals surface area contributed by atoms with Crippen molar-refractivity contribution in [3.63, 3.8) is 0 Å². The molecule has 1 saturated carbocycles. The smallest absolute Gasteiger partial charge is 0.234 e. The zero-order valence-corrected chi connectivity index (χ0v) is 11.4. The number of aliphatic hydroxyl groups excluding tert-OH is 1. The van der Waals surface area contributed by atoms with E-state index in [1.807, 2.05) is 6.92 Å². The molecule has 0 aliphatic heterocycles. The number of ether oxygens (including phenoxy) is 1. The van der Waals surface area contributed by atoms with Crippen molar-refractivity contribution >= 4 is 5.91 Å². The summed E-state index contributed by atoms with van der Waals surface area (Å²) in [6.45, 7) is 3.87. The largest absolute Gasteiger partial charge is 0.396 e. The number of methoxy groups -OCH3 is 1. The Bertz CT molecular complexity index is 248. The van der Waals surface area contributed by atoms with Crippen molar-refractivity contribution in [2.24, 2.45) is 11.8 Å². The molecule has 0 aromatic rings. The molecule has 1 aliphatic carbocycles. The second-order valence-electron chi connectivity index (χ2n) is 5.19. The van der Waals surface area contributed by atoms with E-state index in [4.69, 9.17) is 4.74 Å². The Morgan fingerprint density at radius 2 is 2.17 bits per heavy atom. The maximum atomic E-state index is 11.6. The third-order valence-corrected chi connectivity index (χ3v) is 3.57. The Morgan fingerprint density at radius 3 is 2.83 bits per heavy atom. The van der Waals surface area contributed by atoms with E-state index in [1.165, 1.54) is 6.42 Å². The normalized spacial score (nSPS) is 25.1. The molecular weight excluding hydrogens is 232 g/mol. The van der Waals surface area contributed by atoms with Gasteiger partial charge in [-0.05, 0) is 38.1 Å². The minimum Gasteiger partial charge on any atom is -0.396 e. The fraction of sp³-hybridized carbons (Fsp3) is 0.923. The van der Waals surface area contributed by atoms with Gasteiger partial charge in [0.2, 0.25) is 5.91 Å². The highest BCUT2D eigenvalue weighted by atomic mass is 16.5. The molecular formula is C13H26N2O3. The van der Waals surface area contributed by atoms with Gasteiger partial charge in [-0.2, -0.15) is 0 Å². The molecule has 3 unspecified atom stereocenters. The second-order valence-corrected chi connectivity index (χ2v) is 5.19. The first-order chi connectivity index (χ1) is 8.67. The first-order valence-corrected chi connectivity index (χ1v) is 6.77. The van der Waals surface area contributed by atoms with E-state index in [9.17, 15) is 9.90 Å². The number of carbonyl (C=O) groups is 1. The van der Waals surface area contributed by atoms with E-state index in [0.717, 1.165) is 19.4 Å². The van der Waals surface area contributed by atoms with Crippen LogP contribution in [0.3, 0.4) is 0 Å². The second kappa shape index (κ2) is 8.45. The zero-order valence-electron chi connectivity index (χ0n) is 11.4. The molecule has 106 valence electrons. The lowest BCUT2D eigenvalue weighted by Crippen LogP contribution is -2.42. The first kappa shape index (κ1) is 15.4. The molecule has 5 nitrogen and oxygen atoms in total. The van der Waals surface area contributed by atoms with Gasteiger partial charge < -0.3 is 20.5 Å². The summed E-state index contributed by atoms with van der Waals surface area (Å²) in [7, 11) is 1.62. The topological polar surface area (TPSA) is 70.6 Å². The molecule has 0 bridgehead atoms. The van der Waals surface area contributed by atoms with Gasteiger partial charge in [-0.25, -0.2) is 0 Å². The Labute approximate surface area is 109 Å². The van der Waals surface area contributed by atoms with Crippen LogP contribution in [0.4, 0.5) is 0 Å². The van der Waals surface area contributed by atoms with Gasteiger partial charge in [0.15, 0.2) is 0 Å². The highest BCUT2D eigenvalue weighted by Gasteiger charge is 2.26.